The summed E-state index contributed by atoms with van der Waals surface area (Å²) in [6.45, 7) is 4.22. The lowest BCUT2D eigenvalue weighted by Gasteiger charge is -2.14. The van der Waals surface area contributed by atoms with Gasteiger partial charge in [-0.05, 0) is 61.9 Å². The van der Waals surface area contributed by atoms with E-state index in [1.807, 2.05) is 44.2 Å². The van der Waals surface area contributed by atoms with Crippen molar-refractivity contribution in [3.8, 4) is 22.9 Å². The second-order valence-electron chi connectivity index (χ2n) is 7.89. The van der Waals surface area contributed by atoms with Crippen molar-refractivity contribution < 1.29 is 9.21 Å². The SMILES string of the molecule is CCn1c(NNC(=O)c2ccc(-c3nnc(-c4ccccc4C)o3)cc2)nc2ccccc2c1=O. The zero-order valence-corrected chi connectivity index (χ0v) is 19.1. The summed E-state index contributed by atoms with van der Waals surface area (Å²) in [5.41, 5.74) is 8.78. The molecule has 0 radical (unpaired) electrons. The second kappa shape index (κ2) is 9.22. The molecule has 9 nitrogen and oxygen atoms in total. The third-order valence-electron chi connectivity index (χ3n) is 5.66. The first-order valence-electron chi connectivity index (χ1n) is 11.1. The molecule has 5 rings (SSSR count). The first kappa shape index (κ1) is 22.0. The predicted octanol–water partition coefficient (Wildman–Crippen LogP) is 4.20. The lowest BCUT2D eigenvalue weighted by atomic mass is 10.1. The van der Waals surface area contributed by atoms with Gasteiger partial charge in [0.25, 0.3) is 11.5 Å². The van der Waals surface area contributed by atoms with E-state index in [9.17, 15) is 9.59 Å². The van der Waals surface area contributed by atoms with Crippen LogP contribution in [0.15, 0.2) is 82.0 Å². The number of fused-ring (bicyclic) bond motifs is 1. The van der Waals surface area contributed by atoms with Gasteiger partial charge in [0.15, 0.2) is 0 Å². The quantitative estimate of drug-likeness (QED) is 0.360. The van der Waals surface area contributed by atoms with Crippen molar-refractivity contribution in [3.05, 3.63) is 94.3 Å². The van der Waals surface area contributed by atoms with E-state index in [1.165, 1.54) is 4.57 Å². The van der Waals surface area contributed by atoms with Gasteiger partial charge in [-0.25, -0.2) is 4.98 Å². The van der Waals surface area contributed by atoms with Gasteiger partial charge in [-0.2, -0.15) is 0 Å². The summed E-state index contributed by atoms with van der Waals surface area (Å²) in [7, 11) is 0. The number of hydrogen-bond donors (Lipinski definition) is 2. The topological polar surface area (TPSA) is 115 Å². The highest BCUT2D eigenvalue weighted by atomic mass is 16.4. The van der Waals surface area contributed by atoms with Gasteiger partial charge in [0.05, 0.1) is 10.9 Å². The van der Waals surface area contributed by atoms with Gasteiger partial charge in [0.1, 0.15) is 0 Å². The number of nitrogens with zero attached hydrogens (tertiary/aromatic N) is 4. The molecule has 0 spiro atoms. The Balaban J connectivity index is 1.32. The number of rotatable bonds is 6. The van der Waals surface area contributed by atoms with E-state index in [4.69, 9.17) is 4.42 Å². The van der Waals surface area contributed by atoms with Crippen molar-refractivity contribution in [3.63, 3.8) is 0 Å². The molecule has 174 valence electrons. The van der Waals surface area contributed by atoms with Gasteiger partial charge in [0, 0.05) is 23.2 Å². The van der Waals surface area contributed by atoms with Gasteiger partial charge < -0.3 is 4.42 Å². The third-order valence-corrected chi connectivity index (χ3v) is 5.66. The van der Waals surface area contributed by atoms with E-state index in [0.29, 0.717) is 40.4 Å². The van der Waals surface area contributed by atoms with Crippen LogP contribution in [0.3, 0.4) is 0 Å². The number of carbonyl (C=O) groups excluding carboxylic acids is 1. The van der Waals surface area contributed by atoms with Crippen molar-refractivity contribution >= 4 is 22.8 Å². The Morgan fingerprint density at radius 1 is 0.943 bits per heavy atom. The molecule has 0 bridgehead atoms. The van der Waals surface area contributed by atoms with Crippen LogP contribution in [0.2, 0.25) is 0 Å². The smallest absolute Gasteiger partial charge is 0.269 e. The van der Waals surface area contributed by atoms with Crippen LogP contribution in [0.5, 0.6) is 0 Å². The number of anilines is 1. The molecular weight excluding hydrogens is 444 g/mol. The predicted molar refractivity (Wildman–Crippen MR) is 133 cm³/mol. The normalized spacial score (nSPS) is 10.9. The Morgan fingerprint density at radius 2 is 1.66 bits per heavy atom. The monoisotopic (exact) mass is 466 g/mol. The standard InChI is InChI=1S/C26H22N6O3/c1-3-32-25(34)20-10-6-7-11-21(20)27-26(32)31-28-22(33)17-12-14-18(15-13-17)23-29-30-24(35-23)19-9-5-4-8-16(19)2/h4-15H,3H2,1-2H3,(H,27,31)(H,28,33). The highest BCUT2D eigenvalue weighted by Crippen LogP contribution is 2.26. The Morgan fingerprint density at radius 3 is 2.43 bits per heavy atom. The van der Waals surface area contributed by atoms with Gasteiger partial charge in [-0.15, -0.1) is 10.2 Å². The number of nitrogens with one attached hydrogen (secondary N) is 2. The minimum atomic E-state index is -0.382. The summed E-state index contributed by atoms with van der Waals surface area (Å²) < 4.78 is 7.30. The average Bonchev–Trinajstić information content (AvgIpc) is 3.38. The molecule has 0 aliphatic heterocycles. The second-order valence-corrected chi connectivity index (χ2v) is 7.89. The van der Waals surface area contributed by atoms with Crippen LogP contribution in [0.25, 0.3) is 33.8 Å². The Labute approximate surface area is 200 Å². The first-order valence-corrected chi connectivity index (χ1v) is 11.1. The van der Waals surface area contributed by atoms with Crippen LogP contribution in [-0.4, -0.2) is 25.7 Å². The minimum absolute atomic E-state index is 0.177. The molecule has 9 heteroatoms. The highest BCUT2D eigenvalue weighted by Gasteiger charge is 2.14. The molecule has 0 unspecified atom stereocenters. The summed E-state index contributed by atoms with van der Waals surface area (Å²) in [5, 5.41) is 8.81. The summed E-state index contributed by atoms with van der Waals surface area (Å²) in [6, 6.07) is 21.6. The molecule has 2 aromatic heterocycles. The zero-order valence-electron chi connectivity index (χ0n) is 19.1. The minimum Gasteiger partial charge on any atom is -0.416 e. The van der Waals surface area contributed by atoms with Crippen molar-refractivity contribution in [2.75, 3.05) is 5.43 Å². The number of hydrazine groups is 1. The molecule has 5 aromatic rings. The first-order chi connectivity index (χ1) is 17.0. The Hall–Kier alpha value is -4.79. The van der Waals surface area contributed by atoms with Crippen molar-refractivity contribution in [2.45, 2.75) is 20.4 Å². The van der Waals surface area contributed by atoms with Crippen LogP contribution in [0.1, 0.15) is 22.8 Å². The molecule has 0 saturated heterocycles. The van der Waals surface area contributed by atoms with Gasteiger partial charge in [-0.3, -0.25) is 25.0 Å². The maximum atomic E-state index is 12.7. The van der Waals surface area contributed by atoms with Crippen molar-refractivity contribution in [1.82, 2.24) is 25.2 Å². The Bertz CT molecular complexity index is 1590. The number of benzene rings is 3. The fraction of sp³-hybridized carbons (Fsp3) is 0.115. The molecule has 0 aliphatic carbocycles. The molecule has 0 saturated carbocycles. The van der Waals surface area contributed by atoms with E-state index in [2.05, 4.69) is 26.0 Å². The zero-order chi connectivity index (χ0) is 24.4. The van der Waals surface area contributed by atoms with E-state index in [0.717, 1.165) is 11.1 Å². The summed E-state index contributed by atoms with van der Waals surface area (Å²) in [6.07, 6.45) is 0. The highest BCUT2D eigenvalue weighted by molar-refractivity contribution is 5.95. The molecule has 0 atom stereocenters. The lowest BCUT2D eigenvalue weighted by Crippen LogP contribution is -2.34. The fourth-order valence-corrected chi connectivity index (χ4v) is 3.77. The van der Waals surface area contributed by atoms with Crippen LogP contribution < -0.4 is 16.4 Å². The summed E-state index contributed by atoms with van der Waals surface area (Å²) in [4.78, 5) is 29.9. The number of aryl methyl sites for hydroxylation is 1. The van der Waals surface area contributed by atoms with E-state index < -0.39 is 0 Å². The molecule has 3 aromatic carbocycles. The maximum Gasteiger partial charge on any atom is 0.269 e. The number of amides is 1. The number of carbonyl (C=O) groups is 1. The maximum absolute atomic E-state index is 12.7. The van der Waals surface area contributed by atoms with Gasteiger partial charge in [-0.1, -0.05) is 30.3 Å². The molecule has 0 aliphatic rings. The molecule has 1 amide bonds. The van der Waals surface area contributed by atoms with Crippen molar-refractivity contribution in [1.29, 1.82) is 0 Å². The molecule has 0 fully saturated rings. The van der Waals surface area contributed by atoms with E-state index in [1.54, 1.807) is 42.5 Å². The summed E-state index contributed by atoms with van der Waals surface area (Å²) in [5.74, 6) is 0.679. The number of aromatic nitrogens is 4. The molecule has 35 heavy (non-hydrogen) atoms. The van der Waals surface area contributed by atoms with Crippen molar-refractivity contribution in [2.24, 2.45) is 0 Å². The van der Waals surface area contributed by atoms with Gasteiger partial charge >= 0.3 is 0 Å². The number of para-hydroxylation sites is 1. The van der Waals surface area contributed by atoms with E-state index >= 15 is 0 Å². The van der Waals surface area contributed by atoms with E-state index in [-0.39, 0.29) is 17.4 Å². The lowest BCUT2D eigenvalue weighted by molar-refractivity contribution is 0.0962. The van der Waals surface area contributed by atoms with Crippen LogP contribution in [0.4, 0.5) is 5.95 Å². The van der Waals surface area contributed by atoms with Gasteiger partial charge in [0.2, 0.25) is 17.7 Å². The van der Waals surface area contributed by atoms with Crippen LogP contribution in [0, 0.1) is 6.92 Å². The fourth-order valence-electron chi connectivity index (χ4n) is 3.77. The summed E-state index contributed by atoms with van der Waals surface area (Å²) >= 11 is 0. The van der Waals surface area contributed by atoms with Crippen LogP contribution in [-0.2, 0) is 6.54 Å². The number of hydrogen-bond acceptors (Lipinski definition) is 7. The molecular formula is C26H22N6O3. The van der Waals surface area contributed by atoms with Crippen LogP contribution >= 0.6 is 0 Å². The molecule has 2 N–H and O–H groups in total. The third kappa shape index (κ3) is 4.26. The largest absolute Gasteiger partial charge is 0.416 e. The molecule has 2 heterocycles. The average molecular weight is 467 g/mol. The Kier molecular flexibility index (Phi) is 5.80.